The van der Waals surface area contributed by atoms with Gasteiger partial charge in [-0.3, -0.25) is 4.68 Å². The number of rotatable bonds is 3. The first-order chi connectivity index (χ1) is 8.90. The van der Waals surface area contributed by atoms with E-state index in [0.29, 0.717) is 11.4 Å². The smallest absolute Gasteiger partial charge is 0.0856 e. The lowest BCUT2D eigenvalue weighted by molar-refractivity contribution is 0.174. The van der Waals surface area contributed by atoms with Crippen molar-refractivity contribution in [2.75, 3.05) is 0 Å². The third kappa shape index (κ3) is 3.32. The van der Waals surface area contributed by atoms with Gasteiger partial charge in [0.25, 0.3) is 0 Å². The Balaban J connectivity index is 2.30. The molecule has 1 N–H and O–H groups in total. The van der Waals surface area contributed by atoms with Gasteiger partial charge in [0.05, 0.1) is 22.0 Å². The van der Waals surface area contributed by atoms with Gasteiger partial charge in [0.15, 0.2) is 0 Å². The zero-order valence-corrected chi connectivity index (χ0v) is 15.0. The summed E-state index contributed by atoms with van der Waals surface area (Å²) in [6, 6.07) is 5.54. The Bertz CT molecular complexity index is 615. The van der Waals surface area contributed by atoms with Gasteiger partial charge in [-0.05, 0) is 69.2 Å². The first-order valence-corrected chi connectivity index (χ1v) is 7.96. The molecular weight excluding hydrogens is 442 g/mol. The van der Waals surface area contributed by atoms with Crippen molar-refractivity contribution in [2.24, 2.45) is 7.05 Å². The molecule has 0 amide bonds. The van der Waals surface area contributed by atoms with Crippen LogP contribution in [0.2, 0.25) is 5.02 Å². The minimum atomic E-state index is -0.600. The second-order valence-electron chi connectivity index (χ2n) is 4.36. The van der Waals surface area contributed by atoms with Gasteiger partial charge in [-0.25, -0.2) is 0 Å². The second kappa shape index (κ2) is 6.11. The number of aliphatic hydroxyl groups is 1. The summed E-state index contributed by atoms with van der Waals surface area (Å²) in [6.45, 7) is 1.93. The van der Waals surface area contributed by atoms with Crippen molar-refractivity contribution in [1.82, 2.24) is 9.78 Å². The molecule has 1 heterocycles. The van der Waals surface area contributed by atoms with Crippen LogP contribution in [0.4, 0.5) is 0 Å². The van der Waals surface area contributed by atoms with E-state index >= 15 is 0 Å². The highest BCUT2D eigenvalue weighted by Crippen LogP contribution is 2.29. The molecule has 6 heteroatoms. The van der Waals surface area contributed by atoms with Gasteiger partial charge in [0.2, 0.25) is 0 Å². The van der Waals surface area contributed by atoms with Gasteiger partial charge in [-0.15, -0.1) is 0 Å². The molecule has 0 aliphatic carbocycles. The van der Waals surface area contributed by atoms with Crippen molar-refractivity contribution in [3.05, 3.63) is 48.2 Å². The normalized spacial score (nSPS) is 12.7. The minimum Gasteiger partial charge on any atom is -0.388 e. The number of benzene rings is 1. The fraction of sp³-hybridized carbons (Fsp3) is 0.308. The maximum absolute atomic E-state index is 10.4. The predicted octanol–water partition coefficient (Wildman–Crippen LogP) is 4.03. The number of nitrogens with zero attached hydrogens (tertiary/aromatic N) is 2. The lowest BCUT2D eigenvalue weighted by Crippen LogP contribution is -2.08. The lowest BCUT2D eigenvalue weighted by atomic mass is 10.0. The Morgan fingerprint density at radius 3 is 2.79 bits per heavy atom. The van der Waals surface area contributed by atoms with Gasteiger partial charge in [-0.2, -0.15) is 5.10 Å². The molecule has 2 rings (SSSR count). The highest BCUT2D eigenvalue weighted by Gasteiger charge is 2.18. The summed E-state index contributed by atoms with van der Waals surface area (Å²) in [6.07, 6.45) is -0.106. The summed E-state index contributed by atoms with van der Waals surface area (Å²) in [5, 5.41) is 15.4. The molecule has 1 atom stereocenters. The highest BCUT2D eigenvalue weighted by molar-refractivity contribution is 14.1. The van der Waals surface area contributed by atoms with Crippen LogP contribution in [0.15, 0.2) is 22.7 Å². The van der Waals surface area contributed by atoms with Crippen molar-refractivity contribution in [3.63, 3.8) is 0 Å². The molecule has 102 valence electrons. The molecule has 0 aliphatic heterocycles. The predicted molar refractivity (Wildman–Crippen MR) is 88.5 cm³/mol. The Hall–Kier alpha value is -0.110. The van der Waals surface area contributed by atoms with Gasteiger partial charge in [0, 0.05) is 22.1 Å². The van der Waals surface area contributed by atoms with E-state index in [2.05, 4.69) is 43.6 Å². The van der Waals surface area contributed by atoms with Crippen molar-refractivity contribution in [3.8, 4) is 0 Å². The van der Waals surface area contributed by atoms with E-state index < -0.39 is 6.10 Å². The Labute approximate surface area is 139 Å². The topological polar surface area (TPSA) is 38.0 Å². The molecule has 1 aromatic carbocycles. The first-order valence-electron chi connectivity index (χ1n) is 5.71. The van der Waals surface area contributed by atoms with Crippen LogP contribution in [0.1, 0.15) is 23.1 Å². The quantitative estimate of drug-likeness (QED) is 0.710. The first kappa shape index (κ1) is 15.3. The average molecular weight is 456 g/mol. The third-order valence-electron chi connectivity index (χ3n) is 2.97. The molecule has 1 aromatic heterocycles. The second-order valence-corrected chi connectivity index (χ2v) is 6.75. The number of hydrogen-bond acceptors (Lipinski definition) is 2. The molecule has 1 unspecified atom stereocenters. The SMILES string of the molecule is Cc1nn(C)c(CC(O)c2cc(Cl)ccc2I)c1Br. The van der Waals surface area contributed by atoms with Gasteiger partial charge >= 0.3 is 0 Å². The molecule has 0 spiro atoms. The summed E-state index contributed by atoms with van der Waals surface area (Å²) < 4.78 is 3.75. The number of hydrogen-bond donors (Lipinski definition) is 1. The van der Waals surface area contributed by atoms with Gasteiger partial charge < -0.3 is 5.11 Å². The fourth-order valence-electron chi connectivity index (χ4n) is 1.96. The van der Waals surface area contributed by atoms with Crippen LogP contribution in [0.3, 0.4) is 0 Å². The molecule has 0 radical (unpaired) electrons. The van der Waals surface area contributed by atoms with Crippen molar-refractivity contribution in [2.45, 2.75) is 19.4 Å². The standard InChI is InChI=1S/C13H13BrClIN2O/c1-7-13(14)11(18(2)17-7)6-12(19)9-5-8(15)3-4-10(9)16/h3-5,12,19H,6H2,1-2H3. The number of aryl methyl sites for hydroxylation is 2. The molecule has 3 nitrogen and oxygen atoms in total. The van der Waals surface area contributed by atoms with Crippen LogP contribution in [0, 0.1) is 10.5 Å². The Kier molecular flexibility index (Phi) is 4.92. The maximum atomic E-state index is 10.4. The van der Waals surface area contributed by atoms with E-state index in [1.165, 1.54) is 0 Å². The molecule has 2 aromatic rings. The molecule has 0 saturated heterocycles. The van der Waals surface area contributed by atoms with E-state index in [4.69, 9.17) is 11.6 Å². The summed E-state index contributed by atoms with van der Waals surface area (Å²) in [4.78, 5) is 0. The van der Waals surface area contributed by atoms with Crippen LogP contribution >= 0.6 is 50.1 Å². The number of aliphatic hydroxyl groups excluding tert-OH is 1. The minimum absolute atomic E-state index is 0.494. The van der Waals surface area contributed by atoms with Crippen molar-refractivity contribution in [1.29, 1.82) is 0 Å². The molecular formula is C13H13BrClIN2O. The van der Waals surface area contributed by atoms with Crippen LogP contribution < -0.4 is 0 Å². The third-order valence-corrected chi connectivity index (χ3v) is 5.21. The molecule has 0 bridgehead atoms. The summed E-state index contributed by atoms with van der Waals surface area (Å²) in [5.41, 5.74) is 2.74. The Morgan fingerprint density at radius 1 is 1.53 bits per heavy atom. The van der Waals surface area contributed by atoms with E-state index in [1.807, 2.05) is 32.2 Å². The zero-order chi connectivity index (χ0) is 14.2. The number of aromatic nitrogens is 2. The summed E-state index contributed by atoms with van der Waals surface area (Å²) in [7, 11) is 1.88. The molecule has 0 saturated carbocycles. The van der Waals surface area contributed by atoms with Crippen molar-refractivity contribution < 1.29 is 5.11 Å². The maximum Gasteiger partial charge on any atom is 0.0856 e. The summed E-state index contributed by atoms with van der Waals surface area (Å²) >= 11 is 11.7. The van der Waals surface area contributed by atoms with E-state index in [1.54, 1.807) is 4.68 Å². The lowest BCUT2D eigenvalue weighted by Gasteiger charge is -2.14. The van der Waals surface area contributed by atoms with Gasteiger partial charge in [-0.1, -0.05) is 11.6 Å². The van der Waals surface area contributed by atoms with Gasteiger partial charge in [0.1, 0.15) is 0 Å². The number of halogens is 3. The fourth-order valence-corrected chi connectivity index (χ4v) is 3.34. The molecule has 19 heavy (non-hydrogen) atoms. The molecule has 0 fully saturated rings. The molecule has 0 aliphatic rings. The van der Waals surface area contributed by atoms with Crippen molar-refractivity contribution >= 4 is 50.1 Å². The van der Waals surface area contributed by atoms with E-state index in [0.717, 1.165) is 25.0 Å². The van der Waals surface area contributed by atoms with E-state index in [-0.39, 0.29) is 0 Å². The van der Waals surface area contributed by atoms with Crippen LogP contribution in [0.5, 0.6) is 0 Å². The summed E-state index contributed by atoms with van der Waals surface area (Å²) in [5.74, 6) is 0. The highest BCUT2D eigenvalue weighted by atomic mass is 127. The average Bonchev–Trinajstić information content (AvgIpc) is 2.59. The monoisotopic (exact) mass is 454 g/mol. The van der Waals surface area contributed by atoms with E-state index in [9.17, 15) is 5.11 Å². The largest absolute Gasteiger partial charge is 0.388 e. The van der Waals surface area contributed by atoms with Crippen LogP contribution in [-0.4, -0.2) is 14.9 Å². The van der Waals surface area contributed by atoms with Crippen LogP contribution in [0.25, 0.3) is 0 Å². The zero-order valence-electron chi connectivity index (χ0n) is 10.5. The Morgan fingerprint density at radius 2 is 2.21 bits per heavy atom. The van der Waals surface area contributed by atoms with Crippen LogP contribution in [-0.2, 0) is 13.5 Å².